The van der Waals surface area contributed by atoms with Crippen LogP contribution in [-0.4, -0.2) is 5.97 Å². The molecule has 0 heterocycles. The lowest BCUT2D eigenvalue weighted by Gasteiger charge is -2.08. The summed E-state index contributed by atoms with van der Waals surface area (Å²) in [5, 5.41) is 0. The van der Waals surface area contributed by atoms with Crippen LogP contribution in [0.5, 0.6) is 5.75 Å². The van der Waals surface area contributed by atoms with Crippen molar-refractivity contribution in [3.8, 4) is 5.75 Å². The molecule has 0 bridgehead atoms. The number of esters is 1. The van der Waals surface area contributed by atoms with Gasteiger partial charge in [-0.1, -0.05) is 51.0 Å². The average molecular weight is 260 g/mol. The van der Waals surface area contributed by atoms with Gasteiger partial charge in [-0.25, -0.2) is 0 Å². The van der Waals surface area contributed by atoms with E-state index in [0.717, 1.165) is 5.56 Å². The number of carbonyl (C=O) groups is 1. The van der Waals surface area contributed by atoms with Gasteiger partial charge >= 0.3 is 5.97 Å². The Kier molecular flexibility index (Phi) is 6.94. The topological polar surface area (TPSA) is 26.3 Å². The number of ether oxygens (including phenoxy) is 1. The molecule has 0 spiro atoms. The molecule has 0 saturated carbocycles. The third-order valence-electron chi connectivity index (χ3n) is 3.16. The average Bonchev–Trinajstić information content (AvgIpc) is 2.40. The van der Waals surface area contributed by atoms with Gasteiger partial charge in [0, 0.05) is 6.92 Å². The van der Waals surface area contributed by atoms with E-state index in [1.807, 2.05) is 24.3 Å². The second kappa shape index (κ2) is 8.52. The van der Waals surface area contributed by atoms with Gasteiger partial charge < -0.3 is 4.74 Å². The Morgan fingerprint density at radius 1 is 1.26 bits per heavy atom. The van der Waals surface area contributed by atoms with Gasteiger partial charge in [-0.2, -0.15) is 0 Å². The third kappa shape index (κ3) is 6.23. The van der Waals surface area contributed by atoms with Crippen LogP contribution >= 0.6 is 0 Å². The van der Waals surface area contributed by atoms with Crippen LogP contribution in [0.3, 0.4) is 0 Å². The van der Waals surface area contributed by atoms with Gasteiger partial charge in [0.15, 0.2) is 0 Å². The summed E-state index contributed by atoms with van der Waals surface area (Å²) >= 11 is 0. The van der Waals surface area contributed by atoms with Crippen molar-refractivity contribution in [2.45, 2.75) is 46.5 Å². The maximum absolute atomic E-state index is 10.8. The van der Waals surface area contributed by atoms with Crippen molar-refractivity contribution in [1.29, 1.82) is 0 Å². The number of carbonyl (C=O) groups excluding carboxylic acids is 1. The van der Waals surface area contributed by atoms with Crippen molar-refractivity contribution in [3.63, 3.8) is 0 Å². The fourth-order valence-electron chi connectivity index (χ4n) is 1.96. The van der Waals surface area contributed by atoms with Crippen LogP contribution in [0.15, 0.2) is 30.3 Å². The molecule has 0 fully saturated rings. The van der Waals surface area contributed by atoms with Crippen LogP contribution in [0.25, 0.3) is 6.08 Å². The van der Waals surface area contributed by atoms with Gasteiger partial charge in [0.1, 0.15) is 5.75 Å². The van der Waals surface area contributed by atoms with Gasteiger partial charge in [-0.15, -0.1) is 0 Å². The smallest absolute Gasteiger partial charge is 0.308 e. The van der Waals surface area contributed by atoms with Crippen molar-refractivity contribution >= 4 is 12.0 Å². The molecule has 2 nitrogen and oxygen atoms in total. The highest BCUT2D eigenvalue weighted by Gasteiger charge is 2.01. The van der Waals surface area contributed by atoms with Crippen molar-refractivity contribution < 1.29 is 9.53 Å². The van der Waals surface area contributed by atoms with Crippen LogP contribution in [0.4, 0.5) is 0 Å². The van der Waals surface area contributed by atoms with Crippen molar-refractivity contribution in [2.75, 3.05) is 0 Å². The van der Waals surface area contributed by atoms with Gasteiger partial charge in [0.2, 0.25) is 0 Å². The Labute approximate surface area is 116 Å². The zero-order chi connectivity index (χ0) is 14.1. The van der Waals surface area contributed by atoms with Crippen LogP contribution in [-0.2, 0) is 4.79 Å². The zero-order valence-corrected chi connectivity index (χ0v) is 12.2. The van der Waals surface area contributed by atoms with Crippen LogP contribution in [0.2, 0.25) is 0 Å². The molecule has 0 amide bonds. The molecule has 0 aliphatic heterocycles. The minimum atomic E-state index is -0.283. The third-order valence-corrected chi connectivity index (χ3v) is 3.16. The highest BCUT2D eigenvalue weighted by molar-refractivity contribution is 5.69. The summed E-state index contributed by atoms with van der Waals surface area (Å²) in [6.45, 7) is 5.87. The summed E-state index contributed by atoms with van der Waals surface area (Å²) in [5.41, 5.74) is 1.14. The maximum Gasteiger partial charge on any atom is 0.308 e. The predicted molar refractivity (Wildman–Crippen MR) is 80.1 cm³/mol. The quantitative estimate of drug-likeness (QED) is 0.518. The maximum atomic E-state index is 10.8. The molecule has 2 heteroatoms. The standard InChI is InChI=1S/C17H24O2/c1-4-6-7-15(5-2)8-9-16-10-12-17(13-11-16)19-14(3)18/h8-13,15H,4-7H2,1-3H3/b9-8+. The van der Waals surface area contributed by atoms with E-state index >= 15 is 0 Å². The minimum absolute atomic E-state index is 0.283. The molecule has 1 aromatic carbocycles. The van der Waals surface area contributed by atoms with Crippen LogP contribution < -0.4 is 4.74 Å². The van der Waals surface area contributed by atoms with Crippen molar-refractivity contribution in [3.05, 3.63) is 35.9 Å². The summed E-state index contributed by atoms with van der Waals surface area (Å²) in [6, 6.07) is 7.60. The van der Waals surface area contributed by atoms with E-state index in [4.69, 9.17) is 4.74 Å². The molecule has 0 aromatic heterocycles. The highest BCUT2D eigenvalue weighted by atomic mass is 16.5. The van der Waals surface area contributed by atoms with E-state index in [1.54, 1.807) is 0 Å². The first-order valence-corrected chi connectivity index (χ1v) is 7.12. The molecule has 104 valence electrons. The van der Waals surface area contributed by atoms with Gasteiger partial charge in [-0.05, 0) is 36.5 Å². The number of rotatable bonds is 7. The molecule has 0 aliphatic carbocycles. The molecular weight excluding hydrogens is 236 g/mol. The van der Waals surface area contributed by atoms with Crippen LogP contribution in [0, 0.1) is 5.92 Å². The number of benzene rings is 1. The molecule has 1 aromatic rings. The van der Waals surface area contributed by atoms with E-state index in [9.17, 15) is 4.79 Å². The molecule has 19 heavy (non-hydrogen) atoms. The second-order valence-corrected chi connectivity index (χ2v) is 4.83. The minimum Gasteiger partial charge on any atom is -0.427 e. The predicted octanol–water partition coefficient (Wildman–Crippen LogP) is 4.84. The fourth-order valence-corrected chi connectivity index (χ4v) is 1.96. The molecule has 1 unspecified atom stereocenters. The lowest BCUT2D eigenvalue weighted by molar-refractivity contribution is -0.131. The van der Waals surface area contributed by atoms with E-state index in [1.165, 1.54) is 32.6 Å². The van der Waals surface area contributed by atoms with Crippen molar-refractivity contribution in [2.24, 2.45) is 5.92 Å². The Balaban J connectivity index is 2.58. The summed E-state index contributed by atoms with van der Waals surface area (Å²) in [5.74, 6) is 0.977. The first-order valence-electron chi connectivity index (χ1n) is 7.12. The molecule has 0 aliphatic rings. The van der Waals surface area contributed by atoms with E-state index in [-0.39, 0.29) is 5.97 Å². The number of allylic oxidation sites excluding steroid dienone is 1. The normalized spacial score (nSPS) is 12.6. The Bertz CT molecular complexity index is 404. The Morgan fingerprint density at radius 2 is 1.95 bits per heavy atom. The molecule has 0 radical (unpaired) electrons. The molecule has 0 N–H and O–H groups in total. The van der Waals surface area contributed by atoms with Gasteiger partial charge in [0.25, 0.3) is 0 Å². The summed E-state index contributed by atoms with van der Waals surface area (Å²) in [7, 11) is 0. The first-order chi connectivity index (χ1) is 9.15. The van der Waals surface area contributed by atoms with E-state index < -0.39 is 0 Å². The van der Waals surface area contributed by atoms with Gasteiger partial charge in [0.05, 0.1) is 0 Å². The van der Waals surface area contributed by atoms with Crippen molar-refractivity contribution in [1.82, 2.24) is 0 Å². The van der Waals surface area contributed by atoms with Gasteiger partial charge in [-0.3, -0.25) is 4.79 Å². The molecule has 1 rings (SSSR count). The largest absolute Gasteiger partial charge is 0.427 e. The van der Waals surface area contributed by atoms with E-state index in [0.29, 0.717) is 11.7 Å². The number of hydrogen-bond acceptors (Lipinski definition) is 2. The lowest BCUT2D eigenvalue weighted by atomic mass is 9.98. The monoisotopic (exact) mass is 260 g/mol. The SMILES string of the molecule is CCCCC(/C=C/c1ccc(OC(C)=O)cc1)CC. The van der Waals surface area contributed by atoms with Crippen LogP contribution in [0.1, 0.15) is 52.0 Å². The molecular formula is C17H24O2. The highest BCUT2D eigenvalue weighted by Crippen LogP contribution is 2.17. The lowest BCUT2D eigenvalue weighted by Crippen LogP contribution is -2.00. The summed E-state index contributed by atoms with van der Waals surface area (Å²) < 4.78 is 5.01. The molecule has 1 atom stereocenters. The molecule has 0 saturated heterocycles. The first kappa shape index (κ1) is 15.5. The zero-order valence-electron chi connectivity index (χ0n) is 12.2. The Hall–Kier alpha value is -1.57. The number of unbranched alkanes of at least 4 members (excludes halogenated alkanes) is 1. The second-order valence-electron chi connectivity index (χ2n) is 4.83. The van der Waals surface area contributed by atoms with E-state index in [2.05, 4.69) is 26.0 Å². The Morgan fingerprint density at radius 3 is 2.47 bits per heavy atom. The summed E-state index contributed by atoms with van der Waals surface area (Å²) in [4.78, 5) is 10.8. The number of hydrogen-bond donors (Lipinski definition) is 0. The summed E-state index contributed by atoms with van der Waals surface area (Å²) in [6.07, 6.45) is 9.42. The fraction of sp³-hybridized carbons (Fsp3) is 0.471.